The van der Waals surface area contributed by atoms with Gasteiger partial charge in [-0.3, -0.25) is 4.79 Å². The first-order valence-corrected chi connectivity index (χ1v) is 5.78. The van der Waals surface area contributed by atoms with E-state index in [2.05, 4.69) is 9.98 Å². The van der Waals surface area contributed by atoms with Gasteiger partial charge in [0.05, 0.1) is 6.61 Å². The molecule has 0 spiro atoms. The molecule has 1 aliphatic heterocycles. The van der Waals surface area contributed by atoms with Gasteiger partial charge in [-0.1, -0.05) is 0 Å². The summed E-state index contributed by atoms with van der Waals surface area (Å²) < 4.78 is 14.4. The summed E-state index contributed by atoms with van der Waals surface area (Å²) in [5, 5.41) is 0. The predicted molar refractivity (Wildman–Crippen MR) is 66.1 cm³/mol. The maximum Gasteiger partial charge on any atom is 0.334 e. The molecule has 0 saturated carbocycles. The van der Waals surface area contributed by atoms with Crippen LogP contribution < -0.4 is 0 Å². The Kier molecular flexibility index (Phi) is 5.72. The van der Waals surface area contributed by atoms with Crippen LogP contribution in [0.5, 0.6) is 0 Å². The van der Waals surface area contributed by atoms with E-state index in [1.165, 1.54) is 6.26 Å². The number of esters is 1. The van der Waals surface area contributed by atoms with Gasteiger partial charge in [0.1, 0.15) is 18.6 Å². The molecule has 2 rings (SSSR count). The summed E-state index contributed by atoms with van der Waals surface area (Å²) in [6.07, 6.45) is 1.97. The highest BCUT2D eigenvalue weighted by Gasteiger charge is 2.24. The molecule has 19 heavy (non-hydrogen) atoms. The number of carbonyl (C=O) groups excluding carboxylic acids is 2. The van der Waals surface area contributed by atoms with E-state index >= 15 is 0 Å². The van der Waals surface area contributed by atoms with Gasteiger partial charge in [-0.2, -0.15) is 0 Å². The molecule has 0 bridgehead atoms. The third-order valence-electron chi connectivity index (χ3n) is 2.10. The third kappa shape index (κ3) is 4.90. The number of aliphatic imine (C=N–C) groups is 1. The van der Waals surface area contributed by atoms with Crippen LogP contribution in [0, 0.1) is 6.92 Å². The van der Waals surface area contributed by atoms with Crippen molar-refractivity contribution in [2.24, 2.45) is 4.99 Å². The molecule has 1 atom stereocenters. The average molecular weight is 268 g/mol. The van der Waals surface area contributed by atoms with Crippen LogP contribution >= 0.6 is 0 Å². The third-order valence-corrected chi connectivity index (χ3v) is 2.10. The molecule has 1 aromatic heterocycles. The van der Waals surface area contributed by atoms with Crippen molar-refractivity contribution in [2.45, 2.75) is 26.8 Å². The number of ether oxygens (including phenoxy) is 2. The van der Waals surface area contributed by atoms with Crippen molar-refractivity contribution in [1.82, 2.24) is 4.98 Å². The van der Waals surface area contributed by atoms with Crippen LogP contribution in [-0.4, -0.2) is 42.4 Å². The molecule has 1 unspecified atom stereocenters. The molecular weight excluding hydrogens is 252 g/mol. The standard InChI is InChI=1S/C7H11NO3.C5H5NO2/c1-3-10-7(9)6-4-11-5(2)8-6;1-4-6-5(2-7)3-8-4/h6H,3-4H2,1-2H3;2-3H,1H3. The Morgan fingerprint density at radius 2 is 2.32 bits per heavy atom. The highest BCUT2D eigenvalue weighted by molar-refractivity contribution is 5.84. The van der Waals surface area contributed by atoms with E-state index in [4.69, 9.17) is 13.9 Å². The minimum Gasteiger partial charge on any atom is -0.478 e. The maximum absolute atomic E-state index is 11.0. The van der Waals surface area contributed by atoms with Crippen molar-refractivity contribution in [1.29, 1.82) is 0 Å². The molecule has 1 aliphatic rings. The van der Waals surface area contributed by atoms with Gasteiger partial charge in [-0.05, 0) is 6.92 Å². The molecule has 1 aromatic rings. The largest absolute Gasteiger partial charge is 0.478 e. The van der Waals surface area contributed by atoms with Gasteiger partial charge in [-0.25, -0.2) is 14.8 Å². The number of nitrogens with zero attached hydrogens (tertiary/aromatic N) is 2. The fourth-order valence-electron chi connectivity index (χ4n) is 1.29. The van der Waals surface area contributed by atoms with E-state index in [0.717, 1.165) is 0 Å². The molecule has 2 heterocycles. The Morgan fingerprint density at radius 3 is 2.68 bits per heavy atom. The molecule has 0 saturated heterocycles. The van der Waals surface area contributed by atoms with Gasteiger partial charge in [0.25, 0.3) is 0 Å². The molecule has 0 N–H and O–H groups in total. The minimum atomic E-state index is -0.435. The van der Waals surface area contributed by atoms with Gasteiger partial charge in [0.2, 0.25) is 0 Å². The summed E-state index contributed by atoms with van der Waals surface area (Å²) in [6.45, 7) is 5.89. The fourth-order valence-corrected chi connectivity index (χ4v) is 1.29. The van der Waals surface area contributed by atoms with Crippen molar-refractivity contribution >= 4 is 18.2 Å². The van der Waals surface area contributed by atoms with Gasteiger partial charge in [-0.15, -0.1) is 0 Å². The lowest BCUT2D eigenvalue weighted by Crippen LogP contribution is -2.22. The number of hydrogen-bond acceptors (Lipinski definition) is 7. The van der Waals surface area contributed by atoms with Crippen LogP contribution in [0.3, 0.4) is 0 Å². The summed E-state index contributed by atoms with van der Waals surface area (Å²) in [5.41, 5.74) is 0.350. The van der Waals surface area contributed by atoms with E-state index in [1.807, 2.05) is 0 Å². The molecule has 104 valence electrons. The van der Waals surface area contributed by atoms with Crippen LogP contribution in [0.2, 0.25) is 0 Å². The molecule has 0 radical (unpaired) electrons. The van der Waals surface area contributed by atoms with Gasteiger partial charge in [0, 0.05) is 13.8 Å². The van der Waals surface area contributed by atoms with Crippen molar-refractivity contribution < 1.29 is 23.5 Å². The van der Waals surface area contributed by atoms with Crippen molar-refractivity contribution in [2.75, 3.05) is 13.2 Å². The summed E-state index contributed by atoms with van der Waals surface area (Å²) in [7, 11) is 0. The van der Waals surface area contributed by atoms with Crippen molar-refractivity contribution in [3.8, 4) is 0 Å². The normalized spacial score (nSPS) is 16.8. The lowest BCUT2D eigenvalue weighted by molar-refractivity contribution is -0.144. The van der Waals surface area contributed by atoms with Gasteiger partial charge < -0.3 is 13.9 Å². The van der Waals surface area contributed by atoms with Crippen LogP contribution in [0.15, 0.2) is 15.7 Å². The van der Waals surface area contributed by atoms with Crippen LogP contribution in [-0.2, 0) is 14.3 Å². The van der Waals surface area contributed by atoms with Crippen LogP contribution in [0.25, 0.3) is 0 Å². The first-order chi connectivity index (χ1) is 9.06. The SMILES string of the molecule is CCOC(=O)C1COC(C)=N1.Cc1nc(C=O)co1. The Morgan fingerprint density at radius 1 is 1.58 bits per heavy atom. The Bertz CT molecular complexity index is 466. The first kappa shape index (κ1) is 14.9. The van der Waals surface area contributed by atoms with E-state index in [9.17, 15) is 9.59 Å². The quantitative estimate of drug-likeness (QED) is 0.603. The fraction of sp³-hybridized carbons (Fsp3) is 0.500. The van der Waals surface area contributed by atoms with E-state index < -0.39 is 6.04 Å². The Labute approximate surface area is 110 Å². The van der Waals surface area contributed by atoms with Crippen LogP contribution in [0.1, 0.15) is 30.2 Å². The maximum atomic E-state index is 11.0. The molecule has 0 amide bonds. The number of carbonyl (C=O) groups is 2. The van der Waals surface area contributed by atoms with Crippen molar-refractivity contribution in [3.05, 3.63) is 17.8 Å². The zero-order valence-electron chi connectivity index (χ0n) is 11.1. The zero-order chi connectivity index (χ0) is 14.3. The monoisotopic (exact) mass is 268 g/mol. The van der Waals surface area contributed by atoms with Crippen molar-refractivity contribution in [3.63, 3.8) is 0 Å². The molecule has 0 fully saturated rings. The number of aldehydes is 1. The zero-order valence-corrected chi connectivity index (χ0v) is 11.1. The van der Waals surface area contributed by atoms with Gasteiger partial charge >= 0.3 is 5.97 Å². The summed E-state index contributed by atoms with van der Waals surface area (Å²) >= 11 is 0. The summed E-state index contributed by atoms with van der Waals surface area (Å²) in [5.74, 6) is 0.777. The lowest BCUT2D eigenvalue weighted by atomic mass is 10.3. The number of aryl methyl sites for hydroxylation is 1. The second-order valence-electron chi connectivity index (χ2n) is 3.64. The predicted octanol–water partition coefficient (Wildman–Crippen LogP) is 1.16. The van der Waals surface area contributed by atoms with E-state index in [1.54, 1.807) is 20.8 Å². The number of aromatic nitrogens is 1. The summed E-state index contributed by atoms with van der Waals surface area (Å²) in [6, 6.07) is -0.435. The first-order valence-electron chi connectivity index (χ1n) is 5.78. The van der Waals surface area contributed by atoms with E-state index in [-0.39, 0.29) is 5.97 Å². The summed E-state index contributed by atoms with van der Waals surface area (Å²) in [4.78, 5) is 28.5. The topological polar surface area (TPSA) is 91.0 Å². The molecule has 0 aliphatic carbocycles. The second-order valence-corrected chi connectivity index (χ2v) is 3.64. The number of hydrogen-bond donors (Lipinski definition) is 0. The highest BCUT2D eigenvalue weighted by Crippen LogP contribution is 2.05. The number of oxazole rings is 1. The molecule has 7 heteroatoms. The van der Waals surface area contributed by atoms with E-state index in [0.29, 0.717) is 37.0 Å². The van der Waals surface area contributed by atoms with Gasteiger partial charge in [0.15, 0.2) is 24.1 Å². The minimum absolute atomic E-state index is 0.302. The average Bonchev–Trinajstić information content (AvgIpc) is 2.99. The van der Waals surface area contributed by atoms with Crippen LogP contribution in [0.4, 0.5) is 0 Å². The molecular formula is C12H16N2O5. The molecule has 7 nitrogen and oxygen atoms in total. The second kappa shape index (κ2) is 7.30. The Balaban J connectivity index is 0.000000200. The Hall–Kier alpha value is -2.18. The molecule has 0 aromatic carbocycles. The number of rotatable bonds is 3. The lowest BCUT2D eigenvalue weighted by Gasteiger charge is -2.02. The highest BCUT2D eigenvalue weighted by atomic mass is 16.5. The smallest absolute Gasteiger partial charge is 0.334 e.